The van der Waals surface area contributed by atoms with Crippen molar-refractivity contribution in [3.63, 3.8) is 0 Å². The quantitative estimate of drug-likeness (QED) is 0.796. The summed E-state index contributed by atoms with van der Waals surface area (Å²) in [6.45, 7) is 7.76. The highest BCUT2D eigenvalue weighted by molar-refractivity contribution is 6.32. The molecular formula is C20H21ClN4O3. The van der Waals surface area contributed by atoms with Crippen LogP contribution in [0, 0.1) is 23.7 Å². The molecule has 0 aliphatic carbocycles. The monoisotopic (exact) mass is 400 g/mol. The minimum Gasteiger partial charge on any atom is -0.493 e. The second-order valence-electron chi connectivity index (χ2n) is 8.49. The number of hydrogen-bond donors (Lipinski definition) is 1. The topological polar surface area (TPSA) is 91.3 Å². The lowest BCUT2D eigenvalue weighted by Gasteiger charge is -2.32. The molecule has 1 amide bonds. The van der Waals surface area contributed by atoms with E-state index in [1.54, 1.807) is 22.5 Å². The van der Waals surface area contributed by atoms with E-state index in [1.165, 1.54) is 10.6 Å². The van der Waals surface area contributed by atoms with Crippen LogP contribution in [0.15, 0.2) is 16.9 Å². The molecule has 4 rings (SSSR count). The van der Waals surface area contributed by atoms with Crippen LogP contribution in [0.5, 0.6) is 5.88 Å². The van der Waals surface area contributed by atoms with E-state index in [2.05, 4.69) is 0 Å². The van der Waals surface area contributed by atoms with Crippen LogP contribution in [0.1, 0.15) is 56.1 Å². The summed E-state index contributed by atoms with van der Waals surface area (Å²) in [5.74, 6) is -0.170. The van der Waals surface area contributed by atoms with Crippen molar-refractivity contribution >= 4 is 17.5 Å². The van der Waals surface area contributed by atoms with Gasteiger partial charge in [-0.3, -0.25) is 9.36 Å². The second kappa shape index (κ2) is 5.89. The summed E-state index contributed by atoms with van der Waals surface area (Å²) >= 11 is 6.25. The lowest BCUT2D eigenvalue weighted by atomic mass is 9.94. The number of imidazole rings is 1. The van der Waals surface area contributed by atoms with Gasteiger partial charge in [-0.1, -0.05) is 32.4 Å². The number of halogens is 1. The molecule has 0 saturated carbocycles. The zero-order valence-electron chi connectivity index (χ0n) is 16.2. The van der Waals surface area contributed by atoms with Crippen LogP contribution in [0.3, 0.4) is 0 Å². The van der Waals surface area contributed by atoms with E-state index in [1.807, 2.05) is 26.8 Å². The van der Waals surface area contributed by atoms with Crippen LogP contribution in [0.2, 0.25) is 5.02 Å². The molecule has 1 saturated heterocycles. The predicted molar refractivity (Wildman–Crippen MR) is 104 cm³/mol. The Balaban J connectivity index is 1.86. The van der Waals surface area contributed by atoms with E-state index in [0.717, 1.165) is 0 Å². The first-order chi connectivity index (χ1) is 13.1. The number of likely N-dealkylation sites (tertiary alicyclic amines) is 1. The molecule has 7 nitrogen and oxygen atoms in total. The van der Waals surface area contributed by atoms with E-state index in [4.69, 9.17) is 16.9 Å². The van der Waals surface area contributed by atoms with Crippen molar-refractivity contribution in [1.82, 2.24) is 14.0 Å². The molecule has 2 bridgehead atoms. The fraction of sp³-hybridized carbons (Fsp3) is 0.450. The third-order valence-corrected chi connectivity index (χ3v) is 6.17. The maximum Gasteiger partial charge on any atom is 0.336 e. The van der Waals surface area contributed by atoms with Crippen molar-refractivity contribution < 1.29 is 9.90 Å². The van der Waals surface area contributed by atoms with Gasteiger partial charge in [-0.2, -0.15) is 5.26 Å². The highest BCUT2D eigenvalue weighted by Gasteiger charge is 2.50. The molecule has 1 fully saturated rings. The maximum atomic E-state index is 13.1. The van der Waals surface area contributed by atoms with E-state index in [0.29, 0.717) is 35.5 Å². The van der Waals surface area contributed by atoms with Gasteiger partial charge in [-0.05, 0) is 31.0 Å². The van der Waals surface area contributed by atoms with Gasteiger partial charge in [-0.25, -0.2) is 9.36 Å². The molecule has 1 aromatic heterocycles. The van der Waals surface area contributed by atoms with Crippen LogP contribution >= 0.6 is 11.6 Å². The molecule has 2 aliphatic heterocycles. The third kappa shape index (κ3) is 2.34. The molecule has 2 aromatic rings. The van der Waals surface area contributed by atoms with Crippen molar-refractivity contribution in [3.05, 3.63) is 44.5 Å². The predicted octanol–water partition coefficient (Wildman–Crippen LogP) is 3.05. The Morgan fingerprint density at radius 3 is 2.64 bits per heavy atom. The summed E-state index contributed by atoms with van der Waals surface area (Å²) in [7, 11) is 0. The Hall–Kier alpha value is -2.72. The molecular weight excluding hydrogens is 380 g/mol. The van der Waals surface area contributed by atoms with Gasteiger partial charge in [0.1, 0.15) is 11.8 Å². The first kappa shape index (κ1) is 18.6. The summed E-state index contributed by atoms with van der Waals surface area (Å²) in [5.41, 5.74) is 0.860. The fourth-order valence-corrected chi connectivity index (χ4v) is 4.52. The van der Waals surface area contributed by atoms with Crippen molar-refractivity contribution in [2.75, 3.05) is 6.54 Å². The van der Waals surface area contributed by atoms with Crippen molar-refractivity contribution in [2.24, 2.45) is 5.41 Å². The molecule has 1 N–H and O–H groups in total. The van der Waals surface area contributed by atoms with E-state index >= 15 is 0 Å². The van der Waals surface area contributed by atoms with Crippen LogP contribution in [-0.4, -0.2) is 31.6 Å². The van der Waals surface area contributed by atoms with Gasteiger partial charge in [0.15, 0.2) is 0 Å². The number of hydrogen-bond acceptors (Lipinski definition) is 4. The van der Waals surface area contributed by atoms with Crippen molar-refractivity contribution in [3.8, 4) is 17.6 Å². The van der Waals surface area contributed by atoms with Crippen LogP contribution in [0.4, 0.5) is 0 Å². The first-order valence-corrected chi connectivity index (χ1v) is 9.52. The number of aromatic hydroxyl groups is 1. The summed E-state index contributed by atoms with van der Waals surface area (Å²) in [6, 6.07) is 4.67. The molecule has 3 heterocycles. The number of aromatic nitrogens is 2. The summed E-state index contributed by atoms with van der Waals surface area (Å²) in [5, 5.41) is 20.3. The van der Waals surface area contributed by atoms with Gasteiger partial charge in [0.05, 0.1) is 28.4 Å². The maximum absolute atomic E-state index is 13.1. The van der Waals surface area contributed by atoms with Gasteiger partial charge in [0.25, 0.3) is 0 Å². The van der Waals surface area contributed by atoms with Gasteiger partial charge < -0.3 is 10.0 Å². The molecule has 28 heavy (non-hydrogen) atoms. The van der Waals surface area contributed by atoms with Gasteiger partial charge in [-0.15, -0.1) is 0 Å². The summed E-state index contributed by atoms with van der Waals surface area (Å²) in [6.07, 6.45) is 0.633. The average Bonchev–Trinajstić information content (AvgIpc) is 3.28. The zero-order chi connectivity index (χ0) is 20.5. The molecule has 0 unspecified atom stereocenters. The average molecular weight is 401 g/mol. The number of amides is 1. The molecule has 8 heteroatoms. The Kier molecular flexibility index (Phi) is 3.92. The number of nitrogens with zero attached hydrogens (tertiary/aromatic N) is 4. The second-order valence-corrected chi connectivity index (χ2v) is 8.87. The SMILES string of the molecule is Cc1c(-n2c(O)c3n(c2=O)[C@H]2C[C@@H]3N(C(=O)C(C)(C)C)C2)ccc(C#N)c1Cl. The molecule has 1 aromatic carbocycles. The molecule has 0 radical (unpaired) electrons. The lowest BCUT2D eigenvalue weighted by Crippen LogP contribution is -2.43. The Morgan fingerprint density at radius 1 is 1.36 bits per heavy atom. The van der Waals surface area contributed by atoms with Crippen molar-refractivity contribution in [1.29, 1.82) is 5.26 Å². The minimum absolute atomic E-state index is 0.00319. The Bertz CT molecular complexity index is 1120. The molecule has 0 spiro atoms. The highest BCUT2D eigenvalue weighted by Crippen LogP contribution is 2.49. The van der Waals surface area contributed by atoms with E-state index in [-0.39, 0.29) is 34.6 Å². The van der Waals surface area contributed by atoms with Crippen molar-refractivity contribution in [2.45, 2.75) is 46.2 Å². The number of fused-ring (bicyclic) bond motifs is 5. The van der Waals surface area contributed by atoms with E-state index < -0.39 is 5.41 Å². The molecule has 2 atom stereocenters. The number of nitriles is 1. The fourth-order valence-electron chi connectivity index (χ4n) is 4.32. The third-order valence-electron chi connectivity index (χ3n) is 5.68. The van der Waals surface area contributed by atoms with Crippen LogP contribution in [-0.2, 0) is 4.79 Å². The molecule has 2 aliphatic rings. The number of benzene rings is 1. The standard InChI is InChI=1S/C20H21ClN4O3/c1-10-13(6-5-11(8-22)15(10)21)25-17(26)16-14-7-12(24(16)19(25)28)9-23(14)18(27)20(2,3)4/h5-6,12,14,26H,7,9H2,1-4H3/t12-,14-/m0/s1. The number of carbonyl (C=O) groups is 1. The summed E-state index contributed by atoms with van der Waals surface area (Å²) in [4.78, 5) is 27.7. The number of rotatable bonds is 1. The van der Waals surface area contributed by atoms with Gasteiger partial charge in [0, 0.05) is 12.0 Å². The summed E-state index contributed by atoms with van der Waals surface area (Å²) < 4.78 is 2.82. The van der Waals surface area contributed by atoms with Gasteiger partial charge >= 0.3 is 5.69 Å². The number of carbonyl (C=O) groups excluding carboxylic acids is 1. The smallest absolute Gasteiger partial charge is 0.336 e. The lowest BCUT2D eigenvalue weighted by molar-refractivity contribution is -0.141. The Labute approximate surface area is 167 Å². The highest BCUT2D eigenvalue weighted by atomic mass is 35.5. The zero-order valence-corrected chi connectivity index (χ0v) is 16.9. The minimum atomic E-state index is -0.537. The first-order valence-electron chi connectivity index (χ1n) is 9.14. The molecule has 146 valence electrons. The normalized spacial score (nSPS) is 20.4. The Morgan fingerprint density at radius 2 is 2.04 bits per heavy atom. The largest absolute Gasteiger partial charge is 0.493 e. The van der Waals surface area contributed by atoms with Crippen LogP contribution in [0.25, 0.3) is 5.69 Å². The van der Waals surface area contributed by atoms with Gasteiger partial charge in [0.2, 0.25) is 11.8 Å². The van der Waals surface area contributed by atoms with Crippen LogP contribution < -0.4 is 5.69 Å². The van der Waals surface area contributed by atoms with E-state index in [9.17, 15) is 14.7 Å².